The zero-order chi connectivity index (χ0) is 13.4. The Labute approximate surface area is 115 Å². The first-order valence-corrected chi connectivity index (χ1v) is 7.82. The molecule has 1 saturated carbocycles. The van der Waals surface area contributed by atoms with Crippen LogP contribution in [0.1, 0.15) is 39.0 Å². The zero-order valence-electron chi connectivity index (χ0n) is 11.9. The van der Waals surface area contributed by atoms with Crippen LogP contribution in [0.5, 0.6) is 0 Å². The maximum atomic E-state index is 12.7. The second kappa shape index (κ2) is 5.41. The first kappa shape index (κ1) is 13.4. The van der Waals surface area contributed by atoms with Crippen LogP contribution in [0.2, 0.25) is 0 Å². The highest BCUT2D eigenvalue weighted by Crippen LogP contribution is 2.39. The molecule has 0 aromatic carbocycles. The minimum Gasteiger partial charge on any atom is -0.379 e. The van der Waals surface area contributed by atoms with E-state index < -0.39 is 0 Å². The van der Waals surface area contributed by atoms with Gasteiger partial charge in [-0.25, -0.2) is 0 Å². The fourth-order valence-corrected chi connectivity index (χ4v) is 4.23. The van der Waals surface area contributed by atoms with Crippen LogP contribution in [0.3, 0.4) is 0 Å². The number of likely N-dealkylation sites (tertiary alicyclic amines) is 1. The summed E-state index contributed by atoms with van der Waals surface area (Å²) in [5.41, 5.74) is 6.01. The minimum atomic E-state index is -0.103. The molecule has 0 spiro atoms. The third-order valence-corrected chi connectivity index (χ3v) is 5.46. The highest BCUT2D eigenvalue weighted by molar-refractivity contribution is 5.80. The maximum Gasteiger partial charge on any atom is 0.229 e. The molecular formula is C15H26N2O2. The number of piperidine rings is 1. The van der Waals surface area contributed by atoms with Crippen molar-refractivity contribution < 1.29 is 9.53 Å². The predicted octanol–water partition coefficient (Wildman–Crippen LogP) is 1.39. The van der Waals surface area contributed by atoms with Gasteiger partial charge in [0.25, 0.3) is 0 Å². The van der Waals surface area contributed by atoms with Gasteiger partial charge in [0, 0.05) is 18.6 Å². The van der Waals surface area contributed by atoms with Crippen LogP contribution in [0.15, 0.2) is 0 Å². The van der Waals surface area contributed by atoms with Crippen LogP contribution in [0.4, 0.5) is 0 Å². The van der Waals surface area contributed by atoms with Crippen molar-refractivity contribution in [3.63, 3.8) is 0 Å². The van der Waals surface area contributed by atoms with Gasteiger partial charge in [-0.15, -0.1) is 0 Å². The van der Waals surface area contributed by atoms with Crippen molar-refractivity contribution in [1.29, 1.82) is 0 Å². The molecule has 3 fully saturated rings. The summed E-state index contributed by atoms with van der Waals surface area (Å²) < 4.78 is 5.37. The van der Waals surface area contributed by atoms with Gasteiger partial charge in [-0.05, 0) is 31.1 Å². The fraction of sp³-hybridized carbons (Fsp3) is 0.933. The molecule has 2 N–H and O–H groups in total. The van der Waals surface area contributed by atoms with E-state index in [4.69, 9.17) is 10.5 Å². The summed E-state index contributed by atoms with van der Waals surface area (Å²) in [5.74, 6) is 1.64. The van der Waals surface area contributed by atoms with Gasteiger partial charge in [0.15, 0.2) is 0 Å². The van der Waals surface area contributed by atoms with Gasteiger partial charge in [0.05, 0.1) is 19.1 Å². The lowest BCUT2D eigenvalue weighted by atomic mass is 9.72. The van der Waals surface area contributed by atoms with Crippen LogP contribution in [0.25, 0.3) is 0 Å². The molecule has 4 nitrogen and oxygen atoms in total. The number of hydrogen-bond acceptors (Lipinski definition) is 3. The van der Waals surface area contributed by atoms with Crippen LogP contribution >= 0.6 is 0 Å². The fourth-order valence-electron chi connectivity index (χ4n) is 4.23. The van der Waals surface area contributed by atoms with Gasteiger partial charge >= 0.3 is 0 Å². The lowest BCUT2D eigenvalue weighted by Crippen LogP contribution is -2.55. The third kappa shape index (κ3) is 2.40. The lowest BCUT2D eigenvalue weighted by Gasteiger charge is -2.48. The predicted molar refractivity (Wildman–Crippen MR) is 73.5 cm³/mol. The van der Waals surface area contributed by atoms with Crippen molar-refractivity contribution in [2.75, 3.05) is 19.8 Å². The normalized spacial score (nSPS) is 43.1. The summed E-state index contributed by atoms with van der Waals surface area (Å²) in [4.78, 5) is 14.9. The van der Waals surface area contributed by atoms with Crippen LogP contribution in [-0.2, 0) is 9.53 Å². The second-order valence-corrected chi connectivity index (χ2v) is 6.62. The van der Waals surface area contributed by atoms with E-state index in [0.29, 0.717) is 25.2 Å². The van der Waals surface area contributed by atoms with E-state index in [-0.39, 0.29) is 17.9 Å². The van der Waals surface area contributed by atoms with E-state index in [0.717, 1.165) is 18.9 Å². The van der Waals surface area contributed by atoms with Gasteiger partial charge in [0.2, 0.25) is 5.91 Å². The van der Waals surface area contributed by atoms with Crippen molar-refractivity contribution >= 4 is 5.91 Å². The molecule has 2 aliphatic heterocycles. The Bertz CT molecular complexity index is 347. The monoisotopic (exact) mass is 266 g/mol. The molecule has 0 radical (unpaired) electrons. The molecule has 3 rings (SSSR count). The summed E-state index contributed by atoms with van der Waals surface area (Å²) >= 11 is 0. The highest BCUT2D eigenvalue weighted by Gasteiger charge is 2.43. The summed E-state index contributed by atoms with van der Waals surface area (Å²) in [7, 11) is 0. The maximum absolute atomic E-state index is 12.7. The number of nitrogens with two attached hydrogens (primary N) is 1. The van der Waals surface area contributed by atoms with E-state index in [1.54, 1.807) is 0 Å². The summed E-state index contributed by atoms with van der Waals surface area (Å²) in [5, 5.41) is 0. The largest absolute Gasteiger partial charge is 0.379 e. The average Bonchev–Trinajstić information content (AvgIpc) is 2.85. The number of rotatable bonds is 1. The Balaban J connectivity index is 1.74. The SMILES string of the molecule is CC1CCN(C(=O)C2COCC2N)C2CCCCC12. The van der Waals surface area contributed by atoms with E-state index >= 15 is 0 Å². The lowest BCUT2D eigenvalue weighted by molar-refractivity contribution is -0.143. The number of hydrogen-bond donors (Lipinski definition) is 1. The molecule has 108 valence electrons. The topological polar surface area (TPSA) is 55.6 Å². The van der Waals surface area contributed by atoms with Crippen LogP contribution < -0.4 is 5.73 Å². The van der Waals surface area contributed by atoms with E-state index in [1.165, 1.54) is 25.7 Å². The Morgan fingerprint density at radius 1 is 1.21 bits per heavy atom. The molecular weight excluding hydrogens is 240 g/mol. The Morgan fingerprint density at radius 2 is 2.00 bits per heavy atom. The van der Waals surface area contributed by atoms with Crippen molar-refractivity contribution in [2.45, 2.75) is 51.1 Å². The third-order valence-electron chi connectivity index (χ3n) is 5.46. The first-order chi connectivity index (χ1) is 9.18. The molecule has 5 unspecified atom stereocenters. The van der Waals surface area contributed by atoms with E-state index in [1.807, 2.05) is 0 Å². The van der Waals surface area contributed by atoms with Crippen molar-refractivity contribution in [3.8, 4) is 0 Å². The molecule has 19 heavy (non-hydrogen) atoms. The molecule has 2 saturated heterocycles. The standard InChI is InChI=1S/C15H26N2O2/c1-10-6-7-17(14-5-3-2-4-11(10)14)15(18)12-8-19-9-13(12)16/h10-14H,2-9,16H2,1H3. The van der Waals surface area contributed by atoms with E-state index in [2.05, 4.69) is 11.8 Å². The Morgan fingerprint density at radius 3 is 2.74 bits per heavy atom. The molecule has 3 aliphatic rings. The van der Waals surface area contributed by atoms with Gasteiger partial charge in [-0.3, -0.25) is 4.79 Å². The number of amides is 1. The van der Waals surface area contributed by atoms with Gasteiger partial charge in [0.1, 0.15) is 0 Å². The molecule has 1 amide bonds. The number of fused-ring (bicyclic) bond motifs is 1. The molecule has 0 aromatic rings. The summed E-state index contributed by atoms with van der Waals surface area (Å²) in [6, 6.07) is 0.367. The summed E-state index contributed by atoms with van der Waals surface area (Å²) in [6.45, 7) is 4.33. The number of carbonyl (C=O) groups excluding carboxylic acids is 1. The van der Waals surface area contributed by atoms with Crippen molar-refractivity contribution in [2.24, 2.45) is 23.5 Å². The first-order valence-electron chi connectivity index (χ1n) is 7.82. The molecule has 4 heteroatoms. The smallest absolute Gasteiger partial charge is 0.229 e. The van der Waals surface area contributed by atoms with Gasteiger partial charge in [-0.1, -0.05) is 19.8 Å². The second-order valence-electron chi connectivity index (χ2n) is 6.62. The van der Waals surface area contributed by atoms with Gasteiger partial charge < -0.3 is 15.4 Å². The van der Waals surface area contributed by atoms with Gasteiger partial charge in [-0.2, -0.15) is 0 Å². The zero-order valence-corrected chi connectivity index (χ0v) is 11.9. The molecule has 5 atom stereocenters. The van der Waals surface area contributed by atoms with E-state index in [9.17, 15) is 4.79 Å². The molecule has 1 aliphatic carbocycles. The minimum absolute atomic E-state index is 0.101. The Kier molecular flexibility index (Phi) is 3.81. The van der Waals surface area contributed by atoms with Crippen molar-refractivity contribution in [3.05, 3.63) is 0 Å². The summed E-state index contributed by atoms with van der Waals surface area (Å²) in [6.07, 6.45) is 6.23. The quantitative estimate of drug-likeness (QED) is 0.780. The molecule has 0 bridgehead atoms. The number of nitrogens with zero attached hydrogens (tertiary/aromatic N) is 1. The molecule has 2 heterocycles. The van der Waals surface area contributed by atoms with Crippen LogP contribution in [-0.4, -0.2) is 42.6 Å². The average molecular weight is 266 g/mol. The highest BCUT2D eigenvalue weighted by atomic mass is 16.5. The molecule has 0 aromatic heterocycles. The number of carbonyl (C=O) groups is 1. The van der Waals surface area contributed by atoms with Crippen LogP contribution in [0, 0.1) is 17.8 Å². The number of ether oxygens (including phenoxy) is 1. The Hall–Kier alpha value is -0.610. The van der Waals surface area contributed by atoms with Crippen molar-refractivity contribution in [1.82, 2.24) is 4.90 Å².